The molecule has 0 bridgehead atoms. The van der Waals surface area contributed by atoms with Crippen LogP contribution in [-0.4, -0.2) is 35.7 Å². The summed E-state index contributed by atoms with van der Waals surface area (Å²) in [4.78, 5) is 24.7. The average Bonchev–Trinajstić information content (AvgIpc) is 3.01. The number of aromatic nitrogens is 1. The summed E-state index contributed by atoms with van der Waals surface area (Å²) in [7, 11) is 3.23. The van der Waals surface area contributed by atoms with Crippen LogP contribution in [-0.2, 0) is 16.1 Å². The molecule has 2 N–H and O–H groups in total. The fraction of sp³-hybridized carbons (Fsp3) is 0.174. The van der Waals surface area contributed by atoms with Crippen LogP contribution < -0.4 is 20.1 Å². The van der Waals surface area contributed by atoms with Crippen LogP contribution in [0, 0.1) is 6.92 Å². The van der Waals surface area contributed by atoms with Gasteiger partial charge in [0.05, 0.1) is 14.2 Å². The highest BCUT2D eigenvalue weighted by molar-refractivity contribution is 7.80. The van der Waals surface area contributed by atoms with E-state index < -0.39 is 11.8 Å². The highest BCUT2D eigenvalue weighted by Crippen LogP contribution is 2.30. The van der Waals surface area contributed by atoms with Gasteiger partial charge in [0.15, 0.2) is 5.11 Å². The Morgan fingerprint density at radius 2 is 1.61 bits per heavy atom. The molecule has 1 fully saturated rings. The van der Waals surface area contributed by atoms with Crippen LogP contribution in [0.1, 0.15) is 16.8 Å². The third-order valence-electron chi connectivity index (χ3n) is 5.26. The third-order valence-corrected chi connectivity index (χ3v) is 5.47. The zero-order valence-corrected chi connectivity index (χ0v) is 18.1. The molecule has 2 aromatic carbocycles. The Bertz CT molecular complexity index is 1210. The molecule has 2 heterocycles. The molecule has 1 aliphatic heterocycles. The fourth-order valence-electron chi connectivity index (χ4n) is 3.73. The quantitative estimate of drug-likeness (QED) is 0.366. The molecule has 4 rings (SSSR count). The minimum atomic E-state index is -0.512. The van der Waals surface area contributed by atoms with Gasteiger partial charge in [-0.25, -0.2) is 0 Å². The normalized spacial score (nSPS) is 13.8. The van der Waals surface area contributed by atoms with Crippen molar-refractivity contribution in [3.05, 3.63) is 64.9 Å². The monoisotopic (exact) mass is 435 g/mol. The maximum absolute atomic E-state index is 12.3. The van der Waals surface area contributed by atoms with E-state index in [1.54, 1.807) is 20.3 Å². The van der Waals surface area contributed by atoms with E-state index >= 15 is 0 Å². The Labute approximate surface area is 184 Å². The summed E-state index contributed by atoms with van der Waals surface area (Å²) >= 11 is 4.88. The number of nitrogens with one attached hydrogen (secondary N) is 2. The zero-order chi connectivity index (χ0) is 22.1. The van der Waals surface area contributed by atoms with Crippen LogP contribution in [0.3, 0.4) is 0 Å². The Hall–Kier alpha value is -3.65. The SMILES string of the molecule is COc1cc(Cn2c(C)c(C=C3C(=O)NC(=S)NC3=O)c3ccccc32)cc(OC)c1. The Morgan fingerprint density at radius 1 is 1.00 bits per heavy atom. The van der Waals surface area contributed by atoms with Gasteiger partial charge in [-0.3, -0.25) is 20.2 Å². The number of thiocarbonyl (C=S) groups is 1. The lowest BCUT2D eigenvalue weighted by molar-refractivity contribution is -0.123. The van der Waals surface area contributed by atoms with Crippen molar-refractivity contribution >= 4 is 46.1 Å². The Kier molecular flexibility index (Phi) is 5.48. The van der Waals surface area contributed by atoms with Crippen LogP contribution in [0.4, 0.5) is 0 Å². The lowest BCUT2D eigenvalue weighted by Gasteiger charge is -2.16. The van der Waals surface area contributed by atoms with Gasteiger partial charge in [-0.05, 0) is 49.0 Å². The smallest absolute Gasteiger partial charge is 0.263 e. The van der Waals surface area contributed by atoms with E-state index in [0.717, 1.165) is 27.7 Å². The first-order chi connectivity index (χ1) is 14.9. The fourth-order valence-corrected chi connectivity index (χ4v) is 3.92. The van der Waals surface area contributed by atoms with Crippen LogP contribution in [0.2, 0.25) is 0 Å². The number of benzene rings is 2. The second-order valence-electron chi connectivity index (χ2n) is 7.12. The van der Waals surface area contributed by atoms with E-state index in [9.17, 15) is 9.59 Å². The molecule has 0 radical (unpaired) electrons. The number of amides is 2. The number of nitrogens with zero attached hydrogens (tertiary/aromatic N) is 1. The van der Waals surface area contributed by atoms with Crippen molar-refractivity contribution in [1.82, 2.24) is 15.2 Å². The summed E-state index contributed by atoms with van der Waals surface area (Å²) in [6.45, 7) is 2.53. The molecule has 1 aromatic heterocycles. The first-order valence-corrected chi connectivity index (χ1v) is 10.00. The zero-order valence-electron chi connectivity index (χ0n) is 17.3. The van der Waals surface area contributed by atoms with E-state index in [-0.39, 0.29) is 10.7 Å². The minimum absolute atomic E-state index is 0.0123. The summed E-state index contributed by atoms with van der Waals surface area (Å²) < 4.78 is 12.9. The third kappa shape index (κ3) is 3.89. The van der Waals surface area contributed by atoms with Crippen molar-refractivity contribution in [3.63, 3.8) is 0 Å². The Morgan fingerprint density at radius 3 is 2.23 bits per heavy atom. The molecule has 0 atom stereocenters. The van der Waals surface area contributed by atoms with Crippen LogP contribution in [0.25, 0.3) is 17.0 Å². The highest BCUT2D eigenvalue weighted by atomic mass is 32.1. The molecule has 1 saturated heterocycles. The van der Waals surface area contributed by atoms with Gasteiger partial charge < -0.3 is 14.0 Å². The summed E-state index contributed by atoms with van der Waals surface area (Å²) in [5, 5.41) is 5.91. The molecule has 1 aliphatic rings. The van der Waals surface area contributed by atoms with Gasteiger partial charge in [0, 0.05) is 34.8 Å². The lowest BCUT2D eigenvalue weighted by atomic mass is 10.1. The summed E-state index contributed by atoms with van der Waals surface area (Å²) in [6, 6.07) is 13.6. The second kappa shape index (κ2) is 8.23. The van der Waals surface area contributed by atoms with E-state index in [1.807, 2.05) is 49.4 Å². The average molecular weight is 436 g/mol. The number of carbonyl (C=O) groups is 2. The first kappa shape index (κ1) is 20.6. The topological polar surface area (TPSA) is 81.6 Å². The molecule has 0 unspecified atom stereocenters. The highest BCUT2D eigenvalue weighted by Gasteiger charge is 2.27. The number of carbonyl (C=O) groups excluding carboxylic acids is 2. The molecular weight excluding hydrogens is 414 g/mol. The van der Waals surface area contributed by atoms with Crippen molar-refractivity contribution in [2.45, 2.75) is 13.5 Å². The predicted octanol–water partition coefficient (Wildman–Crippen LogP) is 2.93. The van der Waals surface area contributed by atoms with Crippen molar-refractivity contribution in [2.24, 2.45) is 0 Å². The molecule has 158 valence electrons. The van der Waals surface area contributed by atoms with E-state index in [2.05, 4.69) is 15.2 Å². The maximum atomic E-state index is 12.3. The first-order valence-electron chi connectivity index (χ1n) is 9.59. The molecular formula is C23H21N3O4S. The van der Waals surface area contributed by atoms with Gasteiger partial charge in [0.2, 0.25) is 0 Å². The number of ether oxygens (including phenoxy) is 2. The van der Waals surface area contributed by atoms with Crippen molar-refractivity contribution in [2.75, 3.05) is 14.2 Å². The van der Waals surface area contributed by atoms with Crippen molar-refractivity contribution in [3.8, 4) is 11.5 Å². The predicted molar refractivity (Wildman–Crippen MR) is 122 cm³/mol. The van der Waals surface area contributed by atoms with Crippen LogP contribution in [0.15, 0.2) is 48.0 Å². The Balaban J connectivity index is 1.83. The molecule has 7 nitrogen and oxygen atoms in total. The van der Waals surface area contributed by atoms with Crippen molar-refractivity contribution in [1.29, 1.82) is 0 Å². The largest absolute Gasteiger partial charge is 0.497 e. The lowest BCUT2D eigenvalue weighted by Crippen LogP contribution is -2.51. The molecule has 3 aromatic rings. The molecule has 2 amide bonds. The number of methoxy groups -OCH3 is 2. The summed E-state index contributed by atoms with van der Waals surface area (Å²) in [5.74, 6) is 0.389. The van der Waals surface area contributed by atoms with E-state index in [1.165, 1.54) is 0 Å². The molecule has 0 aliphatic carbocycles. The van der Waals surface area contributed by atoms with Gasteiger partial charge in [-0.2, -0.15) is 0 Å². The van der Waals surface area contributed by atoms with Crippen molar-refractivity contribution < 1.29 is 19.1 Å². The molecule has 31 heavy (non-hydrogen) atoms. The number of hydrogen-bond acceptors (Lipinski definition) is 5. The van der Waals surface area contributed by atoms with Crippen LogP contribution in [0.5, 0.6) is 11.5 Å². The standard InChI is InChI=1S/C23H21N3O4S/c1-13-18(11-19-21(27)24-23(31)25-22(19)28)17-6-4-5-7-20(17)26(13)12-14-8-15(29-2)10-16(9-14)30-3/h4-11H,12H2,1-3H3,(H2,24,25,27,28,31). The van der Waals surface area contributed by atoms with Gasteiger partial charge >= 0.3 is 0 Å². The number of hydrogen-bond donors (Lipinski definition) is 2. The van der Waals surface area contributed by atoms with Gasteiger partial charge in [0.25, 0.3) is 11.8 Å². The molecule has 8 heteroatoms. The van der Waals surface area contributed by atoms with Gasteiger partial charge in [0.1, 0.15) is 17.1 Å². The van der Waals surface area contributed by atoms with Gasteiger partial charge in [-0.15, -0.1) is 0 Å². The van der Waals surface area contributed by atoms with Crippen LogP contribution >= 0.6 is 12.2 Å². The number of rotatable bonds is 5. The molecule has 0 spiro atoms. The number of fused-ring (bicyclic) bond motifs is 1. The second-order valence-corrected chi connectivity index (χ2v) is 7.53. The van der Waals surface area contributed by atoms with E-state index in [4.69, 9.17) is 21.7 Å². The van der Waals surface area contributed by atoms with Gasteiger partial charge in [-0.1, -0.05) is 18.2 Å². The minimum Gasteiger partial charge on any atom is -0.497 e. The summed E-state index contributed by atoms with van der Waals surface area (Å²) in [6.07, 6.45) is 1.62. The maximum Gasteiger partial charge on any atom is 0.263 e. The summed E-state index contributed by atoms with van der Waals surface area (Å²) in [5.41, 5.74) is 3.73. The number of para-hydroxylation sites is 1. The van der Waals surface area contributed by atoms with E-state index in [0.29, 0.717) is 18.0 Å². The molecule has 0 saturated carbocycles.